The minimum atomic E-state index is 0.432. The topological polar surface area (TPSA) is 28.7 Å². The summed E-state index contributed by atoms with van der Waals surface area (Å²) >= 11 is 0. The second-order valence-electron chi connectivity index (χ2n) is 4.39. The van der Waals surface area contributed by atoms with Crippen LogP contribution in [0.25, 0.3) is 11.6 Å². The predicted octanol–water partition coefficient (Wildman–Crippen LogP) is 3.38. The van der Waals surface area contributed by atoms with Crippen molar-refractivity contribution >= 4 is 11.6 Å². The molecule has 1 heterocycles. The molecule has 0 saturated heterocycles. The molecule has 0 saturated carbocycles. The van der Waals surface area contributed by atoms with E-state index in [0.29, 0.717) is 5.92 Å². The summed E-state index contributed by atoms with van der Waals surface area (Å²) in [5, 5.41) is 0. The van der Waals surface area contributed by atoms with E-state index in [9.17, 15) is 0 Å². The van der Waals surface area contributed by atoms with Crippen LogP contribution in [0.15, 0.2) is 30.6 Å². The van der Waals surface area contributed by atoms with E-state index >= 15 is 0 Å². The van der Waals surface area contributed by atoms with Gasteiger partial charge in [-0.2, -0.15) is 0 Å². The fourth-order valence-corrected chi connectivity index (χ4v) is 2.36. The molecular formula is C14H14N2. The number of benzene rings is 1. The van der Waals surface area contributed by atoms with Crippen molar-refractivity contribution in [3.63, 3.8) is 0 Å². The number of hydrogen-bond donors (Lipinski definition) is 1. The highest BCUT2D eigenvalue weighted by atomic mass is 14.9. The zero-order chi connectivity index (χ0) is 11.1. The van der Waals surface area contributed by atoms with Crippen LogP contribution in [0.3, 0.4) is 0 Å². The molecule has 1 N–H and O–H groups in total. The summed E-state index contributed by atoms with van der Waals surface area (Å²) in [6, 6.07) is 6.62. The Hall–Kier alpha value is -1.83. The quantitative estimate of drug-likeness (QED) is 0.768. The molecule has 0 aliphatic heterocycles. The van der Waals surface area contributed by atoms with Gasteiger partial charge in [-0.3, -0.25) is 0 Å². The van der Waals surface area contributed by atoms with Gasteiger partial charge >= 0.3 is 0 Å². The maximum atomic E-state index is 4.33. The van der Waals surface area contributed by atoms with Gasteiger partial charge < -0.3 is 4.98 Å². The molecule has 0 fully saturated rings. The zero-order valence-electron chi connectivity index (χ0n) is 9.49. The molecule has 1 aromatic carbocycles. The van der Waals surface area contributed by atoms with E-state index in [1.807, 2.05) is 6.20 Å². The number of H-pyrrole nitrogens is 1. The Balaban J connectivity index is 2.09. The standard InChI is InChI=1S/C14H14N2/c1-9-3-4-11-8-13(10(2)12(11)7-9)14-15-5-6-16-14/h3-8,10H,1-2H3,(H,15,16)/t10-/m0/s1. The molecule has 0 bridgehead atoms. The molecule has 80 valence electrons. The number of allylic oxidation sites excluding steroid dienone is 1. The van der Waals surface area contributed by atoms with Crippen molar-refractivity contribution in [3.8, 4) is 0 Å². The van der Waals surface area contributed by atoms with E-state index in [1.165, 1.54) is 22.3 Å². The van der Waals surface area contributed by atoms with Crippen molar-refractivity contribution in [2.24, 2.45) is 0 Å². The zero-order valence-corrected chi connectivity index (χ0v) is 9.49. The van der Waals surface area contributed by atoms with Crippen molar-refractivity contribution in [3.05, 3.63) is 53.1 Å². The first kappa shape index (κ1) is 9.40. The highest BCUT2D eigenvalue weighted by Crippen LogP contribution is 2.40. The summed E-state index contributed by atoms with van der Waals surface area (Å²) in [4.78, 5) is 7.51. The van der Waals surface area contributed by atoms with Gasteiger partial charge in [-0.15, -0.1) is 0 Å². The second kappa shape index (κ2) is 3.34. The molecule has 1 aliphatic rings. The number of aryl methyl sites for hydroxylation is 1. The average Bonchev–Trinajstić information content (AvgIpc) is 2.87. The van der Waals surface area contributed by atoms with Gasteiger partial charge in [0.25, 0.3) is 0 Å². The van der Waals surface area contributed by atoms with Gasteiger partial charge in [0.1, 0.15) is 5.82 Å². The third-order valence-electron chi connectivity index (χ3n) is 3.26. The van der Waals surface area contributed by atoms with Gasteiger partial charge in [0, 0.05) is 23.9 Å². The molecule has 1 aromatic heterocycles. The van der Waals surface area contributed by atoms with Crippen LogP contribution in [0.5, 0.6) is 0 Å². The van der Waals surface area contributed by atoms with Gasteiger partial charge in [-0.1, -0.05) is 30.7 Å². The van der Waals surface area contributed by atoms with Gasteiger partial charge in [0.05, 0.1) is 0 Å². The lowest BCUT2D eigenvalue weighted by atomic mass is 9.96. The molecule has 0 amide bonds. The summed E-state index contributed by atoms with van der Waals surface area (Å²) in [6.45, 7) is 4.37. The van der Waals surface area contributed by atoms with E-state index in [2.05, 4.69) is 48.1 Å². The molecule has 2 heteroatoms. The molecule has 2 nitrogen and oxygen atoms in total. The maximum Gasteiger partial charge on any atom is 0.133 e. The normalized spacial score (nSPS) is 18.4. The molecule has 0 unspecified atom stereocenters. The van der Waals surface area contributed by atoms with E-state index < -0.39 is 0 Å². The SMILES string of the molecule is Cc1ccc2c(c1)[C@H](C)C(c1ncc[nH]1)=C2. The van der Waals surface area contributed by atoms with Crippen LogP contribution < -0.4 is 0 Å². The first-order valence-electron chi connectivity index (χ1n) is 5.57. The van der Waals surface area contributed by atoms with Gasteiger partial charge in [0.2, 0.25) is 0 Å². The van der Waals surface area contributed by atoms with Crippen molar-refractivity contribution in [1.29, 1.82) is 0 Å². The number of nitrogens with zero attached hydrogens (tertiary/aromatic N) is 1. The predicted molar refractivity (Wildman–Crippen MR) is 66.1 cm³/mol. The fraction of sp³-hybridized carbons (Fsp3) is 0.214. The van der Waals surface area contributed by atoms with Crippen molar-refractivity contribution in [2.45, 2.75) is 19.8 Å². The Bertz CT molecular complexity index is 550. The molecule has 1 atom stereocenters. The Morgan fingerprint density at radius 3 is 2.94 bits per heavy atom. The van der Waals surface area contributed by atoms with Gasteiger partial charge in [-0.05, 0) is 24.1 Å². The molecule has 2 aromatic rings. The highest BCUT2D eigenvalue weighted by Gasteiger charge is 2.23. The number of fused-ring (bicyclic) bond motifs is 1. The second-order valence-corrected chi connectivity index (χ2v) is 4.39. The van der Waals surface area contributed by atoms with Crippen molar-refractivity contribution in [2.75, 3.05) is 0 Å². The minimum absolute atomic E-state index is 0.432. The highest BCUT2D eigenvalue weighted by molar-refractivity contribution is 5.89. The molecule has 3 rings (SSSR count). The number of imidazole rings is 1. The summed E-state index contributed by atoms with van der Waals surface area (Å²) in [5.74, 6) is 1.42. The van der Waals surface area contributed by atoms with Gasteiger partial charge in [0.15, 0.2) is 0 Å². The van der Waals surface area contributed by atoms with Crippen LogP contribution in [0.1, 0.15) is 35.4 Å². The molecule has 16 heavy (non-hydrogen) atoms. The summed E-state index contributed by atoms with van der Waals surface area (Å²) in [6.07, 6.45) is 5.91. The number of aromatic amines is 1. The Labute approximate surface area is 95.0 Å². The van der Waals surface area contributed by atoms with Crippen molar-refractivity contribution < 1.29 is 0 Å². The Morgan fingerprint density at radius 1 is 1.31 bits per heavy atom. The lowest BCUT2D eigenvalue weighted by Gasteiger charge is -2.09. The largest absolute Gasteiger partial charge is 0.345 e. The van der Waals surface area contributed by atoms with Crippen LogP contribution in [0, 0.1) is 6.92 Å². The van der Waals surface area contributed by atoms with E-state index in [-0.39, 0.29) is 0 Å². The van der Waals surface area contributed by atoms with Gasteiger partial charge in [-0.25, -0.2) is 4.98 Å². The monoisotopic (exact) mass is 210 g/mol. The maximum absolute atomic E-state index is 4.33. The lowest BCUT2D eigenvalue weighted by Crippen LogP contribution is -1.95. The average molecular weight is 210 g/mol. The number of rotatable bonds is 1. The summed E-state index contributed by atoms with van der Waals surface area (Å²) in [7, 11) is 0. The molecule has 0 spiro atoms. The molecule has 1 aliphatic carbocycles. The number of hydrogen-bond acceptors (Lipinski definition) is 1. The first-order chi connectivity index (χ1) is 7.75. The summed E-state index contributed by atoms with van der Waals surface area (Å²) in [5.41, 5.74) is 5.33. The van der Waals surface area contributed by atoms with E-state index in [4.69, 9.17) is 0 Å². The smallest absolute Gasteiger partial charge is 0.133 e. The fourth-order valence-electron chi connectivity index (χ4n) is 2.36. The molecular weight excluding hydrogens is 196 g/mol. The van der Waals surface area contributed by atoms with E-state index in [1.54, 1.807) is 6.20 Å². The summed E-state index contributed by atoms with van der Waals surface area (Å²) < 4.78 is 0. The van der Waals surface area contributed by atoms with E-state index in [0.717, 1.165) is 5.82 Å². The van der Waals surface area contributed by atoms with Crippen LogP contribution in [0.4, 0.5) is 0 Å². The van der Waals surface area contributed by atoms with Crippen molar-refractivity contribution in [1.82, 2.24) is 9.97 Å². The Morgan fingerprint density at radius 2 is 2.19 bits per heavy atom. The van der Waals surface area contributed by atoms with Crippen LogP contribution in [-0.4, -0.2) is 9.97 Å². The third-order valence-corrected chi connectivity index (χ3v) is 3.26. The minimum Gasteiger partial charge on any atom is -0.345 e. The first-order valence-corrected chi connectivity index (χ1v) is 5.57. The number of aromatic nitrogens is 2. The number of nitrogens with one attached hydrogen (secondary N) is 1. The molecule has 0 radical (unpaired) electrons. The van der Waals surface area contributed by atoms with Crippen LogP contribution in [-0.2, 0) is 0 Å². The lowest BCUT2D eigenvalue weighted by molar-refractivity contribution is 0.984. The van der Waals surface area contributed by atoms with Crippen LogP contribution >= 0.6 is 0 Å². The van der Waals surface area contributed by atoms with Crippen LogP contribution in [0.2, 0.25) is 0 Å². The third kappa shape index (κ3) is 1.30. The Kier molecular flexibility index (Phi) is 1.96.